The Labute approximate surface area is 96.9 Å². The Morgan fingerprint density at radius 1 is 1.50 bits per heavy atom. The number of phenolic OH excluding ortho intramolecular Hbond substituents is 1. The maximum absolute atomic E-state index is 9.62. The monoisotopic (exact) mass is 308 g/mol. The number of hydrogen-bond donors (Lipinski definition) is 2. The minimum Gasteiger partial charge on any atom is -0.504 e. The Bertz CT molecular complexity index is 323. The summed E-state index contributed by atoms with van der Waals surface area (Å²) in [5.74, 6) is 0.562. The van der Waals surface area contributed by atoms with Gasteiger partial charge in [-0.2, -0.15) is 0 Å². The second-order valence-electron chi connectivity index (χ2n) is 2.96. The first-order chi connectivity index (χ1) is 6.56. The highest BCUT2D eigenvalue weighted by atomic mass is 127. The Morgan fingerprint density at radius 2 is 2.14 bits per heavy atom. The van der Waals surface area contributed by atoms with E-state index in [0.29, 0.717) is 15.9 Å². The Morgan fingerprint density at radius 3 is 2.64 bits per heavy atom. The molecule has 0 fully saturated rings. The average molecular weight is 308 g/mol. The van der Waals surface area contributed by atoms with E-state index in [4.69, 9.17) is 4.74 Å². The number of ether oxygens (including phenoxy) is 1. The van der Waals surface area contributed by atoms with Crippen molar-refractivity contribution in [3.63, 3.8) is 0 Å². The molecule has 0 aromatic heterocycles. The average Bonchev–Trinajstić information content (AvgIpc) is 2.12. The zero-order chi connectivity index (χ0) is 10.7. The molecule has 0 aliphatic carbocycles. The molecule has 0 aliphatic rings. The van der Waals surface area contributed by atoms with Crippen LogP contribution in [0.5, 0.6) is 11.5 Å². The maximum atomic E-state index is 9.62. The van der Waals surface area contributed by atoms with Gasteiger partial charge < -0.3 is 14.9 Å². The zero-order valence-electron chi connectivity index (χ0n) is 8.12. The first-order valence-corrected chi connectivity index (χ1v) is 5.47. The lowest BCUT2D eigenvalue weighted by Gasteiger charge is -2.11. The summed E-state index contributed by atoms with van der Waals surface area (Å²) in [6, 6.07) is 3.40. The first kappa shape index (κ1) is 11.6. The fourth-order valence-corrected chi connectivity index (χ4v) is 1.73. The standard InChI is InChI=1S/C10H13IO3/c1-3-14-9-5-7(6(2)12)4-8(11)10(9)13/h4-6,12-13H,3H2,1-2H3. The molecule has 1 aromatic carbocycles. The molecular formula is C10H13IO3. The van der Waals surface area contributed by atoms with Gasteiger partial charge in [0, 0.05) is 0 Å². The van der Waals surface area contributed by atoms with Crippen molar-refractivity contribution in [1.82, 2.24) is 0 Å². The number of halogens is 1. The van der Waals surface area contributed by atoms with Gasteiger partial charge in [-0.25, -0.2) is 0 Å². The number of aromatic hydroxyl groups is 1. The van der Waals surface area contributed by atoms with E-state index >= 15 is 0 Å². The molecule has 78 valence electrons. The van der Waals surface area contributed by atoms with E-state index in [1.165, 1.54) is 0 Å². The SMILES string of the molecule is CCOc1cc(C(C)O)cc(I)c1O. The molecule has 0 spiro atoms. The van der Waals surface area contributed by atoms with Gasteiger partial charge in [0.1, 0.15) is 0 Å². The van der Waals surface area contributed by atoms with Crippen LogP contribution < -0.4 is 4.74 Å². The number of hydrogen-bond acceptors (Lipinski definition) is 3. The molecule has 2 N–H and O–H groups in total. The van der Waals surface area contributed by atoms with E-state index < -0.39 is 6.10 Å². The Balaban J connectivity index is 3.14. The van der Waals surface area contributed by atoms with Crippen LogP contribution in [-0.2, 0) is 0 Å². The van der Waals surface area contributed by atoms with Gasteiger partial charge in [-0.1, -0.05) is 0 Å². The summed E-state index contributed by atoms with van der Waals surface area (Å²) in [5, 5.41) is 19.0. The Hall–Kier alpha value is -0.490. The topological polar surface area (TPSA) is 49.7 Å². The van der Waals surface area contributed by atoms with Gasteiger partial charge in [-0.3, -0.25) is 0 Å². The molecule has 1 atom stereocenters. The smallest absolute Gasteiger partial charge is 0.171 e. The van der Waals surface area contributed by atoms with Crippen LogP contribution in [-0.4, -0.2) is 16.8 Å². The van der Waals surface area contributed by atoms with Crippen LogP contribution in [0.2, 0.25) is 0 Å². The molecule has 0 radical (unpaired) electrons. The van der Waals surface area contributed by atoms with Gasteiger partial charge in [0.2, 0.25) is 0 Å². The van der Waals surface area contributed by atoms with Crippen molar-refractivity contribution in [3.05, 3.63) is 21.3 Å². The molecule has 0 saturated heterocycles. The van der Waals surface area contributed by atoms with Crippen LogP contribution in [0.15, 0.2) is 12.1 Å². The van der Waals surface area contributed by atoms with Crippen LogP contribution >= 0.6 is 22.6 Å². The second kappa shape index (κ2) is 4.84. The lowest BCUT2D eigenvalue weighted by Crippen LogP contribution is -1.97. The van der Waals surface area contributed by atoms with Gasteiger partial charge >= 0.3 is 0 Å². The van der Waals surface area contributed by atoms with Crippen molar-refractivity contribution in [3.8, 4) is 11.5 Å². The highest BCUT2D eigenvalue weighted by molar-refractivity contribution is 14.1. The summed E-state index contributed by atoms with van der Waals surface area (Å²) < 4.78 is 5.93. The summed E-state index contributed by atoms with van der Waals surface area (Å²) in [7, 11) is 0. The van der Waals surface area contributed by atoms with Crippen LogP contribution in [0.1, 0.15) is 25.5 Å². The van der Waals surface area contributed by atoms with Crippen molar-refractivity contribution in [2.24, 2.45) is 0 Å². The number of rotatable bonds is 3. The van der Waals surface area contributed by atoms with Crippen LogP contribution in [0, 0.1) is 3.57 Å². The largest absolute Gasteiger partial charge is 0.504 e. The molecule has 1 aromatic rings. The zero-order valence-corrected chi connectivity index (χ0v) is 10.3. The molecule has 0 bridgehead atoms. The molecule has 4 heteroatoms. The summed E-state index contributed by atoms with van der Waals surface area (Å²) in [4.78, 5) is 0. The number of benzene rings is 1. The molecule has 0 heterocycles. The normalized spacial score (nSPS) is 12.6. The molecule has 0 amide bonds. The predicted octanol–water partition coefficient (Wildman–Crippen LogP) is 2.45. The summed E-state index contributed by atoms with van der Waals surface area (Å²) in [5.41, 5.74) is 0.746. The van der Waals surface area contributed by atoms with Crippen molar-refractivity contribution in [2.75, 3.05) is 6.61 Å². The minimum absolute atomic E-state index is 0.136. The van der Waals surface area contributed by atoms with Crippen molar-refractivity contribution < 1.29 is 14.9 Å². The van der Waals surface area contributed by atoms with E-state index in [2.05, 4.69) is 0 Å². The highest BCUT2D eigenvalue weighted by Gasteiger charge is 2.11. The molecule has 1 unspecified atom stereocenters. The van der Waals surface area contributed by atoms with Gasteiger partial charge in [0.15, 0.2) is 11.5 Å². The van der Waals surface area contributed by atoms with E-state index in [0.717, 1.165) is 5.56 Å². The summed E-state index contributed by atoms with van der Waals surface area (Å²) in [6.07, 6.45) is -0.552. The molecule has 14 heavy (non-hydrogen) atoms. The quantitative estimate of drug-likeness (QED) is 0.843. The van der Waals surface area contributed by atoms with E-state index in [9.17, 15) is 10.2 Å². The third-order valence-electron chi connectivity index (χ3n) is 1.83. The van der Waals surface area contributed by atoms with E-state index in [1.54, 1.807) is 19.1 Å². The van der Waals surface area contributed by atoms with Gasteiger partial charge in [0.05, 0.1) is 16.3 Å². The lowest BCUT2D eigenvalue weighted by molar-refractivity contribution is 0.198. The fraction of sp³-hybridized carbons (Fsp3) is 0.400. The number of phenols is 1. The van der Waals surface area contributed by atoms with Crippen molar-refractivity contribution in [1.29, 1.82) is 0 Å². The molecule has 3 nitrogen and oxygen atoms in total. The summed E-state index contributed by atoms with van der Waals surface area (Å²) in [6.45, 7) is 4.02. The van der Waals surface area contributed by atoms with Crippen molar-refractivity contribution in [2.45, 2.75) is 20.0 Å². The molecule has 0 aliphatic heterocycles. The van der Waals surface area contributed by atoms with Gasteiger partial charge in [-0.05, 0) is 54.1 Å². The minimum atomic E-state index is -0.552. The van der Waals surface area contributed by atoms with E-state index in [-0.39, 0.29) is 5.75 Å². The molecule has 1 rings (SSSR count). The fourth-order valence-electron chi connectivity index (χ4n) is 1.10. The van der Waals surface area contributed by atoms with Crippen molar-refractivity contribution >= 4 is 22.6 Å². The molecule has 0 saturated carbocycles. The maximum Gasteiger partial charge on any atom is 0.171 e. The number of aliphatic hydroxyl groups is 1. The third-order valence-corrected chi connectivity index (χ3v) is 2.66. The molecular weight excluding hydrogens is 295 g/mol. The van der Waals surface area contributed by atoms with Crippen LogP contribution in [0.4, 0.5) is 0 Å². The Kier molecular flexibility index (Phi) is 4.00. The van der Waals surface area contributed by atoms with Gasteiger partial charge in [-0.15, -0.1) is 0 Å². The second-order valence-corrected chi connectivity index (χ2v) is 4.12. The lowest BCUT2D eigenvalue weighted by atomic mass is 10.1. The number of aliphatic hydroxyl groups excluding tert-OH is 1. The van der Waals surface area contributed by atoms with Gasteiger partial charge in [0.25, 0.3) is 0 Å². The highest BCUT2D eigenvalue weighted by Crippen LogP contribution is 2.34. The third kappa shape index (κ3) is 2.51. The van der Waals surface area contributed by atoms with Crippen LogP contribution in [0.25, 0.3) is 0 Å². The summed E-state index contributed by atoms with van der Waals surface area (Å²) >= 11 is 2.01. The van der Waals surface area contributed by atoms with Crippen LogP contribution in [0.3, 0.4) is 0 Å². The van der Waals surface area contributed by atoms with E-state index in [1.807, 2.05) is 29.5 Å². The first-order valence-electron chi connectivity index (χ1n) is 4.39. The predicted molar refractivity (Wildman–Crippen MR) is 62.6 cm³/mol.